The number of nitrogens with one attached hydrogen (secondary N) is 5. The van der Waals surface area contributed by atoms with Crippen molar-refractivity contribution in [1.82, 2.24) is 45.7 Å². The van der Waals surface area contributed by atoms with Crippen LogP contribution in [0.15, 0.2) is 71.8 Å². The number of hydrogen-bond donors (Lipinski definition) is 6. The number of aromatic amines is 1. The van der Waals surface area contributed by atoms with E-state index in [2.05, 4.69) is 55.0 Å². The van der Waals surface area contributed by atoms with E-state index in [0.717, 1.165) is 86.8 Å². The standard InChI is InChI=1S/C66H93N11O15/c1-5-21-71-65(2)19-25-76(26-20-65)50-16-23-77(24-17-50)64-73-55-14-11-48(54-45-75(3)63(82)60-52(54)15-22-68-60)42-53(55)61(74-64)66(92-51-12-13-51,49-9-7-6-8-10-49)46-91-47-70-59(80)44-69-62(81)56(43-57(67)78)72-58(79)18-27-84-30-31-86-34-35-88-38-39-90-41-40-89-37-36-87-33-32-85-29-28-83-4/h1,6-11,14-15,22,42,45,50-51,56,68,71H,12-13,16-21,23-41,43-44,46-47H2,2-4H3,(H2,67,78)(H,69,81)(H,70,80)(H,72,79). The summed E-state index contributed by atoms with van der Waals surface area (Å²) in [5.41, 5.74) is 8.22. The number of aromatic nitrogens is 4. The number of terminal acetylenes is 1. The lowest BCUT2D eigenvalue weighted by Gasteiger charge is -2.45. The van der Waals surface area contributed by atoms with Crippen LogP contribution in [0.1, 0.15) is 69.5 Å². The fraction of sp³-hybridized carbons (Fsp3) is 0.591. The van der Waals surface area contributed by atoms with E-state index in [1.54, 1.807) is 24.9 Å². The molecule has 5 aromatic rings. The van der Waals surface area contributed by atoms with Crippen molar-refractivity contribution in [3.05, 3.63) is 88.6 Å². The summed E-state index contributed by atoms with van der Waals surface area (Å²) in [6.45, 7) is 11.3. The molecule has 2 atom stereocenters. The van der Waals surface area contributed by atoms with E-state index < -0.39 is 48.2 Å². The summed E-state index contributed by atoms with van der Waals surface area (Å²) in [4.78, 5) is 83.8. The summed E-state index contributed by atoms with van der Waals surface area (Å²) in [6, 6.07) is 16.8. The highest BCUT2D eigenvalue weighted by Crippen LogP contribution is 2.44. The van der Waals surface area contributed by atoms with E-state index in [1.807, 2.05) is 54.7 Å². The third-order valence-corrected chi connectivity index (χ3v) is 16.5. The molecule has 26 heteroatoms. The number of fused-ring (bicyclic) bond motifs is 2. The van der Waals surface area contributed by atoms with Crippen LogP contribution in [0.5, 0.6) is 0 Å². The summed E-state index contributed by atoms with van der Waals surface area (Å²) in [6.07, 6.45) is 14.0. The first kappa shape index (κ1) is 70.9. The Morgan fingerprint density at radius 3 is 1.98 bits per heavy atom. The van der Waals surface area contributed by atoms with E-state index in [0.29, 0.717) is 120 Å². The summed E-state index contributed by atoms with van der Waals surface area (Å²) in [5.74, 6) is 0.512. The average Bonchev–Trinajstić information content (AvgIpc) is 0.918. The quantitative estimate of drug-likeness (QED) is 0.0186. The Morgan fingerprint density at radius 2 is 1.38 bits per heavy atom. The molecule has 92 heavy (non-hydrogen) atoms. The van der Waals surface area contributed by atoms with Crippen LogP contribution >= 0.6 is 0 Å². The minimum absolute atomic E-state index is 0.0180. The maximum atomic E-state index is 13.4. The van der Waals surface area contributed by atoms with Gasteiger partial charge in [-0.1, -0.05) is 42.3 Å². The third kappa shape index (κ3) is 21.5. The molecule has 3 aromatic heterocycles. The molecule has 2 saturated heterocycles. The second-order valence-electron chi connectivity index (χ2n) is 23.3. The molecule has 4 amide bonds. The van der Waals surface area contributed by atoms with Crippen LogP contribution in [-0.4, -0.2) is 231 Å². The van der Waals surface area contributed by atoms with Gasteiger partial charge < -0.3 is 93.7 Å². The number of rotatable bonds is 43. The zero-order valence-electron chi connectivity index (χ0n) is 53.5. The molecule has 0 spiro atoms. The van der Waals surface area contributed by atoms with Gasteiger partial charge in [0.1, 0.15) is 18.3 Å². The summed E-state index contributed by atoms with van der Waals surface area (Å²) in [7, 11) is 3.36. The van der Waals surface area contributed by atoms with Crippen molar-refractivity contribution in [2.24, 2.45) is 12.8 Å². The molecule has 2 aromatic carbocycles. The number of piperidine rings is 2. The number of nitrogens with zero attached hydrogens (tertiary/aromatic N) is 5. The Balaban J connectivity index is 0.830. The van der Waals surface area contributed by atoms with E-state index >= 15 is 0 Å². The molecule has 8 rings (SSSR count). The number of amides is 4. The number of aryl methyl sites for hydroxylation is 1. The lowest BCUT2D eigenvalue weighted by molar-refractivity contribution is -0.132. The molecule has 2 unspecified atom stereocenters. The summed E-state index contributed by atoms with van der Waals surface area (Å²) < 4.78 is 58.5. The van der Waals surface area contributed by atoms with Gasteiger partial charge in [0, 0.05) is 87.1 Å². The van der Waals surface area contributed by atoms with Crippen LogP contribution < -0.4 is 37.5 Å². The second kappa shape index (κ2) is 37.1. The van der Waals surface area contributed by atoms with Gasteiger partial charge in [0.25, 0.3) is 5.56 Å². The molecule has 7 N–H and O–H groups in total. The van der Waals surface area contributed by atoms with E-state index in [4.69, 9.17) is 69.5 Å². The molecule has 0 radical (unpaired) electrons. The minimum atomic E-state index is -1.35. The molecule has 3 aliphatic rings. The highest BCUT2D eigenvalue weighted by atomic mass is 16.6. The van der Waals surface area contributed by atoms with Crippen LogP contribution in [0.3, 0.4) is 0 Å². The molecule has 5 heterocycles. The molecule has 502 valence electrons. The smallest absolute Gasteiger partial charge is 0.274 e. The molecule has 1 aliphatic carbocycles. The summed E-state index contributed by atoms with van der Waals surface area (Å²) in [5, 5.41) is 12.8. The van der Waals surface area contributed by atoms with Gasteiger partial charge in [-0.2, -0.15) is 0 Å². The van der Waals surface area contributed by atoms with Gasteiger partial charge in [0.05, 0.1) is 143 Å². The number of likely N-dealkylation sites (tertiary alicyclic amines) is 1. The van der Waals surface area contributed by atoms with E-state index in [-0.39, 0.29) is 56.8 Å². The van der Waals surface area contributed by atoms with Gasteiger partial charge in [-0.3, -0.25) is 24.0 Å². The number of carbonyl (C=O) groups excluding carboxylic acids is 4. The predicted molar refractivity (Wildman–Crippen MR) is 345 cm³/mol. The lowest BCUT2D eigenvalue weighted by atomic mass is 9.87. The lowest BCUT2D eigenvalue weighted by Crippen LogP contribution is -2.55. The van der Waals surface area contributed by atoms with Crippen molar-refractivity contribution in [3.63, 3.8) is 0 Å². The normalized spacial score (nSPS) is 16.3. The zero-order chi connectivity index (χ0) is 65.0. The van der Waals surface area contributed by atoms with Crippen molar-refractivity contribution in [1.29, 1.82) is 0 Å². The number of methoxy groups -OCH3 is 1. The average molecular weight is 1280 g/mol. The van der Waals surface area contributed by atoms with Crippen LogP contribution in [0.4, 0.5) is 5.95 Å². The Morgan fingerprint density at radius 1 is 0.761 bits per heavy atom. The van der Waals surface area contributed by atoms with Gasteiger partial charge in [-0.05, 0) is 74.8 Å². The van der Waals surface area contributed by atoms with Crippen molar-refractivity contribution in [3.8, 4) is 23.5 Å². The molecule has 2 aliphatic heterocycles. The van der Waals surface area contributed by atoms with Gasteiger partial charge in [0.15, 0.2) is 5.60 Å². The topological polar surface area (TPSA) is 305 Å². The molecule has 1 saturated carbocycles. The Hall–Kier alpha value is -6.97. The molecular formula is C66H93N11O15. The number of benzene rings is 2. The zero-order valence-corrected chi connectivity index (χ0v) is 53.5. The van der Waals surface area contributed by atoms with Crippen LogP contribution in [0, 0.1) is 12.3 Å². The number of nitrogens with two attached hydrogens (primary N) is 1. The highest BCUT2D eigenvalue weighted by molar-refractivity contribution is 5.98. The van der Waals surface area contributed by atoms with E-state index in [9.17, 15) is 24.0 Å². The molecule has 3 fully saturated rings. The highest BCUT2D eigenvalue weighted by Gasteiger charge is 2.45. The van der Waals surface area contributed by atoms with Gasteiger partial charge in [-0.15, -0.1) is 6.42 Å². The first-order chi connectivity index (χ1) is 44.8. The summed E-state index contributed by atoms with van der Waals surface area (Å²) >= 11 is 0. The fourth-order valence-electron chi connectivity index (χ4n) is 11.2. The number of carbonyl (C=O) groups is 4. The van der Waals surface area contributed by atoms with Gasteiger partial charge in [0.2, 0.25) is 29.6 Å². The fourth-order valence-corrected chi connectivity index (χ4v) is 11.2. The minimum Gasteiger partial charge on any atom is -0.382 e. The molecular weight excluding hydrogens is 1190 g/mol. The first-order valence-corrected chi connectivity index (χ1v) is 31.9. The third-order valence-electron chi connectivity index (χ3n) is 16.5. The monoisotopic (exact) mass is 1280 g/mol. The number of hydrogen-bond acceptors (Lipinski definition) is 20. The van der Waals surface area contributed by atoms with Gasteiger partial charge in [-0.25, -0.2) is 9.97 Å². The van der Waals surface area contributed by atoms with Gasteiger partial charge >= 0.3 is 0 Å². The Kier molecular flexibility index (Phi) is 28.6. The number of pyridine rings is 1. The van der Waals surface area contributed by atoms with Crippen molar-refractivity contribution in [2.75, 3.05) is 164 Å². The first-order valence-electron chi connectivity index (χ1n) is 31.9. The Bertz CT molecular complexity index is 3220. The number of H-pyrrole nitrogens is 1. The number of ether oxygens (including phenoxy) is 10. The van der Waals surface area contributed by atoms with Crippen LogP contribution in [0.2, 0.25) is 0 Å². The largest absolute Gasteiger partial charge is 0.382 e. The Labute approximate surface area is 537 Å². The van der Waals surface area contributed by atoms with Crippen molar-refractivity contribution >= 4 is 51.4 Å². The number of anilines is 1. The SMILES string of the molecule is C#CCNC1(C)CCN(C2CCN(c3nc(C(COCNC(=O)CNC(=O)C(CC(N)=O)NC(=O)CCOCCOCCOCCOCCOCCOCCOCCOC)(OC4CC4)c4ccccc4)c4cc(-c5cn(C)c(=O)c6[nH]ccc56)ccc4n3)CC2)CC1. The second-order valence-corrected chi connectivity index (χ2v) is 23.3. The molecule has 0 bridgehead atoms. The molecule has 26 nitrogen and oxygen atoms in total. The maximum absolute atomic E-state index is 13.4. The van der Waals surface area contributed by atoms with Crippen molar-refractivity contribution < 1.29 is 66.5 Å². The maximum Gasteiger partial charge on any atom is 0.274 e. The van der Waals surface area contributed by atoms with E-state index in [1.165, 1.54) is 0 Å². The predicted octanol–water partition coefficient (Wildman–Crippen LogP) is 2.66. The van der Waals surface area contributed by atoms with Crippen LogP contribution in [0.25, 0.3) is 32.9 Å². The van der Waals surface area contributed by atoms with Crippen molar-refractivity contribution in [2.45, 2.75) is 87.6 Å². The van der Waals surface area contributed by atoms with Crippen LogP contribution in [-0.2, 0) is 79.2 Å². The number of primary amides is 1.